The van der Waals surface area contributed by atoms with Crippen LogP contribution in [0.1, 0.15) is 66.7 Å². The third-order valence-electron chi connectivity index (χ3n) is 10.8. The van der Waals surface area contributed by atoms with E-state index in [9.17, 15) is 0 Å². The molecule has 3 aliphatic carbocycles. The van der Waals surface area contributed by atoms with Crippen molar-refractivity contribution in [2.24, 2.45) is 4.99 Å². The van der Waals surface area contributed by atoms with E-state index in [1.165, 1.54) is 54.2 Å². The van der Waals surface area contributed by atoms with Gasteiger partial charge in [0.25, 0.3) is 0 Å². The highest BCUT2D eigenvalue weighted by atomic mass is 32.2. The summed E-state index contributed by atoms with van der Waals surface area (Å²) in [5.74, 6) is 0.343. The van der Waals surface area contributed by atoms with Gasteiger partial charge in [-0.2, -0.15) is 0 Å². The van der Waals surface area contributed by atoms with E-state index in [-0.39, 0.29) is 11.7 Å². The molecular weight excluding hydrogens is 591 g/mol. The zero-order valence-electron chi connectivity index (χ0n) is 26.6. The van der Waals surface area contributed by atoms with Crippen LogP contribution in [0.5, 0.6) is 0 Å². The van der Waals surface area contributed by atoms with Gasteiger partial charge in [0, 0.05) is 43.1 Å². The quantitative estimate of drug-likeness (QED) is 0.218. The molecule has 4 aromatic carbocycles. The van der Waals surface area contributed by atoms with Gasteiger partial charge in [-0.3, -0.25) is 0 Å². The summed E-state index contributed by atoms with van der Waals surface area (Å²) in [6, 6.07) is 35.3. The standard InChI is InChI=1S/C43H35N3S/c1-43(2)33-19-11-9-18-30(33)40-34(43)22-21-29-32-23-38-31(24-39(32)47-41(29)40)28-17-10-12-20-37(28)46(38)42-44-35(26-13-5-3-6-14-26)25-36(45-42)27-15-7-4-8-16-27/h3-9,11,13-25,29,41-42,44H,10,12H2,1-2H3. The van der Waals surface area contributed by atoms with Gasteiger partial charge in [0.15, 0.2) is 0 Å². The lowest BCUT2D eigenvalue weighted by molar-refractivity contribution is 0.484. The monoisotopic (exact) mass is 625 g/mol. The first kappa shape index (κ1) is 27.3. The first-order valence-corrected chi connectivity index (χ1v) is 17.7. The number of nitrogens with zero attached hydrogens (tertiary/aromatic N) is 2. The average molecular weight is 626 g/mol. The highest BCUT2D eigenvalue weighted by Gasteiger charge is 2.46. The van der Waals surface area contributed by atoms with E-state index in [4.69, 9.17) is 4.99 Å². The molecule has 5 aliphatic rings. The Labute approximate surface area is 279 Å². The van der Waals surface area contributed by atoms with Gasteiger partial charge in [-0.1, -0.05) is 123 Å². The lowest BCUT2D eigenvalue weighted by Crippen LogP contribution is -2.39. The smallest absolute Gasteiger partial charge is 0.201 e. The summed E-state index contributed by atoms with van der Waals surface area (Å²) in [4.78, 5) is 6.84. The molecule has 1 N–H and O–H groups in total. The third kappa shape index (κ3) is 3.98. The van der Waals surface area contributed by atoms with Gasteiger partial charge in [-0.15, -0.1) is 11.8 Å². The highest BCUT2D eigenvalue weighted by Crippen LogP contribution is 2.60. The molecule has 0 amide bonds. The predicted octanol–water partition coefficient (Wildman–Crippen LogP) is 8.46. The Hall–Kier alpha value is -4.80. The number of fused-ring (bicyclic) bond motifs is 9. The summed E-state index contributed by atoms with van der Waals surface area (Å²) in [5.41, 5.74) is 13.0. The Morgan fingerprint density at radius 2 is 1.60 bits per heavy atom. The second-order valence-corrected chi connectivity index (χ2v) is 15.0. The van der Waals surface area contributed by atoms with E-state index >= 15 is 0 Å². The maximum absolute atomic E-state index is 5.42. The molecule has 5 aromatic rings. The lowest BCUT2D eigenvalue weighted by atomic mass is 9.78. The summed E-state index contributed by atoms with van der Waals surface area (Å²) in [7, 11) is 0. The van der Waals surface area contributed by atoms with Crippen molar-refractivity contribution >= 4 is 51.8 Å². The fourth-order valence-electron chi connectivity index (χ4n) is 8.60. The van der Waals surface area contributed by atoms with Gasteiger partial charge in [0.05, 0.1) is 11.2 Å². The molecule has 3 heterocycles. The van der Waals surface area contributed by atoms with Crippen LogP contribution >= 0.6 is 11.8 Å². The zero-order valence-corrected chi connectivity index (χ0v) is 27.4. The minimum Gasteiger partial charge on any atom is -0.346 e. The zero-order chi connectivity index (χ0) is 31.3. The number of hydrogen-bond donors (Lipinski definition) is 1. The van der Waals surface area contributed by atoms with Gasteiger partial charge < -0.3 is 9.88 Å². The number of aromatic nitrogens is 1. The second-order valence-electron chi connectivity index (χ2n) is 13.8. The van der Waals surface area contributed by atoms with Gasteiger partial charge in [-0.05, 0) is 70.0 Å². The molecule has 0 fully saturated rings. The van der Waals surface area contributed by atoms with Gasteiger partial charge >= 0.3 is 0 Å². The van der Waals surface area contributed by atoms with Crippen LogP contribution in [0.2, 0.25) is 0 Å². The Balaban J connectivity index is 1.15. The molecule has 3 unspecified atom stereocenters. The molecule has 0 spiro atoms. The van der Waals surface area contributed by atoms with Crippen molar-refractivity contribution in [2.75, 3.05) is 0 Å². The van der Waals surface area contributed by atoms with Crippen LogP contribution in [0, 0.1) is 0 Å². The Morgan fingerprint density at radius 3 is 2.43 bits per heavy atom. The highest BCUT2D eigenvalue weighted by molar-refractivity contribution is 8.00. The summed E-state index contributed by atoms with van der Waals surface area (Å²) in [5, 5.41) is 8.21. The first-order chi connectivity index (χ1) is 23.1. The molecule has 1 aromatic heterocycles. The average Bonchev–Trinajstić information content (AvgIpc) is 3.73. The molecule has 4 heteroatoms. The Kier molecular flexibility index (Phi) is 5.87. The normalized spacial score (nSPS) is 23.0. The van der Waals surface area contributed by atoms with Crippen molar-refractivity contribution < 1.29 is 0 Å². The lowest BCUT2D eigenvalue weighted by Gasteiger charge is -2.28. The van der Waals surface area contributed by atoms with Crippen LogP contribution in [0.3, 0.4) is 0 Å². The molecule has 0 radical (unpaired) electrons. The molecular formula is C43H35N3S. The maximum atomic E-state index is 5.42. The van der Waals surface area contributed by atoms with Crippen molar-refractivity contribution in [3.63, 3.8) is 0 Å². The van der Waals surface area contributed by atoms with Crippen LogP contribution in [0.25, 0.3) is 34.3 Å². The largest absolute Gasteiger partial charge is 0.346 e. The van der Waals surface area contributed by atoms with E-state index in [1.54, 1.807) is 0 Å². The number of thioether (sulfide) groups is 1. The van der Waals surface area contributed by atoms with E-state index in [1.807, 2.05) is 0 Å². The first-order valence-electron chi connectivity index (χ1n) is 16.8. The molecule has 2 aliphatic heterocycles. The van der Waals surface area contributed by atoms with Crippen molar-refractivity contribution in [2.45, 2.75) is 54.5 Å². The Morgan fingerprint density at radius 1 is 0.851 bits per heavy atom. The molecule has 228 valence electrons. The van der Waals surface area contributed by atoms with E-state index in [2.05, 4.69) is 163 Å². The minimum atomic E-state index is -0.277. The van der Waals surface area contributed by atoms with Crippen LogP contribution in [0.4, 0.5) is 0 Å². The molecule has 0 saturated heterocycles. The molecule has 47 heavy (non-hydrogen) atoms. The third-order valence-corrected chi connectivity index (χ3v) is 12.2. The number of nitrogens with one attached hydrogen (secondary N) is 1. The van der Waals surface area contributed by atoms with Gasteiger partial charge in [0.2, 0.25) is 6.29 Å². The number of hydrogen-bond acceptors (Lipinski definition) is 3. The van der Waals surface area contributed by atoms with Crippen molar-refractivity contribution in [3.05, 3.63) is 159 Å². The fraction of sp³-hybridized carbons (Fsp3) is 0.186. The maximum Gasteiger partial charge on any atom is 0.201 e. The number of allylic oxidation sites excluding steroid dienone is 4. The number of benzene rings is 4. The van der Waals surface area contributed by atoms with Crippen LogP contribution in [-0.4, -0.2) is 15.5 Å². The van der Waals surface area contributed by atoms with Crippen LogP contribution < -0.4 is 15.9 Å². The molecule has 10 rings (SSSR count). The summed E-state index contributed by atoms with van der Waals surface area (Å²) in [6.07, 6.45) is 13.8. The molecule has 0 saturated carbocycles. The molecule has 0 bridgehead atoms. The molecule has 3 atom stereocenters. The second kappa shape index (κ2) is 10.1. The van der Waals surface area contributed by atoms with Gasteiger partial charge in [0.1, 0.15) is 0 Å². The van der Waals surface area contributed by atoms with Crippen molar-refractivity contribution in [1.82, 2.24) is 9.88 Å². The fourth-order valence-corrected chi connectivity index (χ4v) is 10.1. The number of rotatable bonds is 3. The van der Waals surface area contributed by atoms with Gasteiger partial charge in [-0.25, -0.2) is 4.99 Å². The van der Waals surface area contributed by atoms with E-state index < -0.39 is 0 Å². The SMILES string of the molecule is CC1(C)C2=C(c3ccccc31)C1Sc3cc4c5c(n(C6N=C(c7ccccc7)C=C(c7ccccc7)N6)c4cc3C1C=C2)=CCCC=5. The summed E-state index contributed by atoms with van der Waals surface area (Å²) >= 11 is 2.07. The summed E-state index contributed by atoms with van der Waals surface area (Å²) < 4.78 is 2.47. The van der Waals surface area contributed by atoms with Crippen LogP contribution in [-0.2, 0) is 5.41 Å². The predicted molar refractivity (Wildman–Crippen MR) is 197 cm³/mol. The number of aliphatic imine (C=N–C) groups is 1. The topological polar surface area (TPSA) is 29.3 Å². The van der Waals surface area contributed by atoms with Crippen molar-refractivity contribution in [1.29, 1.82) is 0 Å². The summed E-state index contributed by atoms with van der Waals surface area (Å²) in [6.45, 7) is 4.78. The Bertz CT molecular complexity index is 2390. The van der Waals surface area contributed by atoms with E-state index in [0.717, 1.165) is 35.4 Å². The molecule has 3 nitrogen and oxygen atoms in total. The van der Waals surface area contributed by atoms with E-state index in [0.29, 0.717) is 11.2 Å². The van der Waals surface area contributed by atoms with Crippen LogP contribution in [0.15, 0.2) is 131 Å². The minimum absolute atomic E-state index is 0.0268. The van der Waals surface area contributed by atoms with Crippen molar-refractivity contribution in [3.8, 4) is 0 Å².